The molecular weight excluding hydrogens is 290 g/mol. The maximum Gasteiger partial charge on any atom is 0.387 e. The predicted molar refractivity (Wildman–Crippen MR) is 78.7 cm³/mol. The Morgan fingerprint density at radius 2 is 2.09 bits per heavy atom. The van der Waals surface area contributed by atoms with E-state index in [9.17, 15) is 13.9 Å². The van der Waals surface area contributed by atoms with Crippen molar-refractivity contribution >= 4 is 0 Å². The largest absolute Gasteiger partial charge is 0.435 e. The van der Waals surface area contributed by atoms with E-state index in [1.54, 1.807) is 18.3 Å². The molecule has 0 amide bonds. The minimum Gasteiger partial charge on any atom is -0.435 e. The highest BCUT2D eigenvalue weighted by Gasteiger charge is 2.10. The number of aliphatic hydroxyl groups excluding tert-OH is 1. The van der Waals surface area contributed by atoms with Crippen LogP contribution in [0, 0.1) is 6.92 Å². The second-order valence-corrected chi connectivity index (χ2v) is 4.85. The monoisotopic (exact) mass is 308 g/mol. The second kappa shape index (κ2) is 7.82. The van der Waals surface area contributed by atoms with Gasteiger partial charge >= 0.3 is 6.61 Å². The second-order valence-electron chi connectivity index (χ2n) is 4.85. The molecule has 0 spiro atoms. The smallest absolute Gasteiger partial charge is 0.387 e. The van der Waals surface area contributed by atoms with Gasteiger partial charge in [0.1, 0.15) is 5.75 Å². The zero-order valence-corrected chi connectivity index (χ0v) is 12.2. The van der Waals surface area contributed by atoms with Gasteiger partial charge < -0.3 is 15.2 Å². The van der Waals surface area contributed by atoms with Crippen LogP contribution in [0.3, 0.4) is 0 Å². The fourth-order valence-corrected chi connectivity index (χ4v) is 2.06. The molecular formula is C16H18F2N2O2. The van der Waals surface area contributed by atoms with Crippen molar-refractivity contribution in [3.05, 3.63) is 59.4 Å². The molecule has 0 saturated carbocycles. The minimum absolute atomic E-state index is 0.0367. The van der Waals surface area contributed by atoms with E-state index in [-0.39, 0.29) is 5.75 Å². The Hall–Kier alpha value is -2.05. The van der Waals surface area contributed by atoms with Gasteiger partial charge in [0.15, 0.2) is 0 Å². The quantitative estimate of drug-likeness (QED) is 0.826. The number of aromatic nitrogens is 1. The number of halogens is 2. The molecule has 118 valence electrons. The molecule has 0 saturated heterocycles. The number of hydrogen-bond donors (Lipinski definition) is 2. The van der Waals surface area contributed by atoms with E-state index in [2.05, 4.69) is 15.0 Å². The summed E-state index contributed by atoms with van der Waals surface area (Å²) in [6.07, 6.45) is 0.917. The van der Waals surface area contributed by atoms with E-state index in [1.165, 1.54) is 12.1 Å². The average molecular weight is 308 g/mol. The lowest BCUT2D eigenvalue weighted by Gasteiger charge is -2.14. The lowest BCUT2D eigenvalue weighted by Crippen LogP contribution is -2.21. The van der Waals surface area contributed by atoms with Crippen molar-refractivity contribution in [1.82, 2.24) is 10.3 Å². The molecule has 0 fully saturated rings. The van der Waals surface area contributed by atoms with Gasteiger partial charge in [-0.1, -0.05) is 18.2 Å². The summed E-state index contributed by atoms with van der Waals surface area (Å²) in [7, 11) is 0. The van der Waals surface area contributed by atoms with Gasteiger partial charge in [-0.3, -0.25) is 4.98 Å². The van der Waals surface area contributed by atoms with Gasteiger partial charge in [-0.15, -0.1) is 0 Å². The lowest BCUT2D eigenvalue weighted by atomic mass is 10.1. The number of aliphatic hydroxyl groups is 1. The fraction of sp³-hybridized carbons (Fsp3) is 0.312. The lowest BCUT2D eigenvalue weighted by molar-refractivity contribution is -0.0499. The number of pyridine rings is 1. The number of hydrogen-bond acceptors (Lipinski definition) is 4. The normalized spacial score (nSPS) is 12.4. The Bertz CT molecular complexity index is 608. The molecule has 0 aliphatic carbocycles. The first-order valence-electron chi connectivity index (χ1n) is 6.90. The van der Waals surface area contributed by atoms with E-state index in [0.717, 1.165) is 11.3 Å². The molecule has 0 aliphatic heterocycles. The number of aryl methyl sites for hydroxylation is 1. The summed E-state index contributed by atoms with van der Waals surface area (Å²) >= 11 is 0. The van der Waals surface area contributed by atoms with Crippen molar-refractivity contribution in [2.24, 2.45) is 0 Å². The standard InChI is InChI=1S/C16H18F2N2O2/c1-11-13(5-3-7-20-11)9-19-10-15(21)12-4-2-6-14(8-12)22-16(17)18/h2-8,15-16,19,21H,9-10H2,1H3. The van der Waals surface area contributed by atoms with Crippen LogP contribution in [0.25, 0.3) is 0 Å². The number of ether oxygens (including phenoxy) is 1. The number of nitrogens with one attached hydrogen (secondary N) is 1. The summed E-state index contributed by atoms with van der Waals surface area (Å²) in [5.41, 5.74) is 2.50. The van der Waals surface area contributed by atoms with E-state index in [0.29, 0.717) is 18.7 Å². The van der Waals surface area contributed by atoms with Crippen molar-refractivity contribution in [3.63, 3.8) is 0 Å². The molecule has 1 aromatic carbocycles. The van der Waals surface area contributed by atoms with E-state index < -0.39 is 12.7 Å². The summed E-state index contributed by atoms with van der Waals surface area (Å²) < 4.78 is 28.7. The molecule has 0 aliphatic rings. The average Bonchev–Trinajstić information content (AvgIpc) is 2.48. The van der Waals surface area contributed by atoms with Gasteiger partial charge in [-0.2, -0.15) is 8.78 Å². The molecule has 6 heteroatoms. The summed E-state index contributed by atoms with van der Waals surface area (Å²) in [4.78, 5) is 4.18. The van der Waals surface area contributed by atoms with Crippen LogP contribution in [-0.4, -0.2) is 23.2 Å². The van der Waals surface area contributed by atoms with Crippen molar-refractivity contribution in [2.75, 3.05) is 6.54 Å². The van der Waals surface area contributed by atoms with Crippen LogP contribution in [0.2, 0.25) is 0 Å². The molecule has 0 radical (unpaired) electrons. The summed E-state index contributed by atoms with van der Waals surface area (Å²) in [6.45, 7) is -0.0891. The van der Waals surface area contributed by atoms with Gasteiger partial charge in [0, 0.05) is 25.0 Å². The summed E-state index contributed by atoms with van der Waals surface area (Å²) in [5.74, 6) is 0.0367. The van der Waals surface area contributed by atoms with Crippen molar-refractivity contribution in [3.8, 4) is 5.75 Å². The Balaban J connectivity index is 1.89. The fourth-order valence-electron chi connectivity index (χ4n) is 2.06. The molecule has 2 N–H and O–H groups in total. The molecule has 2 rings (SSSR count). The number of alkyl halides is 2. The molecule has 2 aromatic rings. The van der Waals surface area contributed by atoms with Crippen molar-refractivity contribution < 1.29 is 18.6 Å². The van der Waals surface area contributed by atoms with Crippen molar-refractivity contribution in [2.45, 2.75) is 26.2 Å². The Morgan fingerprint density at radius 3 is 2.82 bits per heavy atom. The zero-order chi connectivity index (χ0) is 15.9. The zero-order valence-electron chi connectivity index (χ0n) is 12.2. The van der Waals surface area contributed by atoms with Gasteiger partial charge in [-0.25, -0.2) is 0 Å². The Labute approximate surface area is 127 Å². The molecule has 1 heterocycles. The van der Waals surface area contributed by atoms with Gasteiger partial charge in [-0.05, 0) is 36.2 Å². The number of rotatable bonds is 7. The summed E-state index contributed by atoms with van der Waals surface area (Å²) in [5, 5.41) is 13.2. The van der Waals surface area contributed by atoms with Gasteiger partial charge in [0.25, 0.3) is 0 Å². The summed E-state index contributed by atoms with van der Waals surface area (Å²) in [6, 6.07) is 9.88. The van der Waals surface area contributed by atoms with Crippen LogP contribution in [0.15, 0.2) is 42.6 Å². The molecule has 4 nitrogen and oxygen atoms in total. The van der Waals surface area contributed by atoms with Crippen LogP contribution in [-0.2, 0) is 6.54 Å². The number of nitrogens with zero attached hydrogens (tertiary/aromatic N) is 1. The third kappa shape index (κ3) is 4.75. The highest BCUT2D eigenvalue weighted by atomic mass is 19.3. The van der Waals surface area contributed by atoms with Crippen LogP contribution >= 0.6 is 0 Å². The van der Waals surface area contributed by atoms with E-state index in [4.69, 9.17) is 0 Å². The van der Waals surface area contributed by atoms with Gasteiger partial charge in [0.05, 0.1) is 6.10 Å². The number of benzene rings is 1. The first kappa shape index (κ1) is 16.3. The van der Waals surface area contributed by atoms with Crippen LogP contribution in [0.1, 0.15) is 22.9 Å². The SMILES string of the molecule is Cc1ncccc1CNCC(O)c1cccc(OC(F)F)c1. The third-order valence-corrected chi connectivity index (χ3v) is 3.24. The Morgan fingerprint density at radius 1 is 1.27 bits per heavy atom. The van der Waals surface area contributed by atoms with Crippen molar-refractivity contribution in [1.29, 1.82) is 0 Å². The molecule has 22 heavy (non-hydrogen) atoms. The minimum atomic E-state index is -2.88. The maximum atomic E-state index is 12.2. The molecule has 1 aromatic heterocycles. The highest BCUT2D eigenvalue weighted by molar-refractivity contribution is 5.30. The predicted octanol–water partition coefficient (Wildman–Crippen LogP) is 2.81. The molecule has 1 atom stereocenters. The van der Waals surface area contributed by atoms with E-state index in [1.807, 2.05) is 19.1 Å². The first-order valence-corrected chi connectivity index (χ1v) is 6.90. The van der Waals surface area contributed by atoms with Gasteiger partial charge in [0.2, 0.25) is 0 Å². The van der Waals surface area contributed by atoms with Crippen LogP contribution < -0.4 is 10.1 Å². The molecule has 1 unspecified atom stereocenters. The Kier molecular flexibility index (Phi) is 5.80. The highest BCUT2D eigenvalue weighted by Crippen LogP contribution is 2.20. The maximum absolute atomic E-state index is 12.2. The molecule has 0 bridgehead atoms. The first-order chi connectivity index (χ1) is 10.6. The topological polar surface area (TPSA) is 54.4 Å². The van der Waals surface area contributed by atoms with Crippen LogP contribution in [0.4, 0.5) is 8.78 Å². The van der Waals surface area contributed by atoms with E-state index >= 15 is 0 Å². The third-order valence-electron chi connectivity index (χ3n) is 3.24. The van der Waals surface area contributed by atoms with Crippen LogP contribution in [0.5, 0.6) is 5.75 Å².